The molecule has 0 unspecified atom stereocenters. The fraction of sp³-hybridized carbons (Fsp3) is 1.00. The van der Waals surface area contributed by atoms with Crippen molar-refractivity contribution in [2.24, 2.45) is 0 Å². The van der Waals surface area contributed by atoms with Gasteiger partial charge in [-0.25, -0.2) is 0 Å². The standard InChI is InChI=1S/6C8H17NO.6C7H15NO.C7H15N/c4*1-7(2)9-5-4-8(3,10)6-9;2*1-6(2)9-7-4-3-5-8(7)10;2*1-6(2)8-4-7(3,9)5-8;4*1-6(2)8-4-3-7(9)5-8;1-7(2)8-5-3-4-6-8/h4*7,10H,4-6H2,1-3H3;2*6-10H,3-5H2,1-2H3;2*6,9H,4-5H2,1-3H3;4*6-7,9H,3-5H2,1-2H3;7H,3-6H2,1-2H3/t4*8-;2*7-,8+;;;4*7-;/m110011..1100./s1. The minimum Gasteiger partial charge on any atom is -0.392 e. The number of nitrogens with one attached hydrogen (secondary N) is 2. The van der Waals surface area contributed by atoms with Crippen molar-refractivity contribution < 1.29 is 61.3 Å². The van der Waals surface area contributed by atoms with Crippen LogP contribution in [0.1, 0.15) is 324 Å². The summed E-state index contributed by atoms with van der Waals surface area (Å²) >= 11 is 0. The lowest BCUT2D eigenvalue weighted by molar-refractivity contribution is -0.0964. The molecule has 25 heteroatoms. The van der Waals surface area contributed by atoms with E-state index < -0.39 is 33.6 Å². The van der Waals surface area contributed by atoms with Crippen LogP contribution < -0.4 is 10.6 Å². The molecule has 2 saturated carbocycles. The fourth-order valence-electron chi connectivity index (χ4n) is 17.4. The Hall–Kier alpha value is -1.00. The van der Waals surface area contributed by atoms with Gasteiger partial charge in [0.25, 0.3) is 0 Å². The lowest BCUT2D eigenvalue weighted by Gasteiger charge is -2.46. The number of hydrogen-bond acceptors (Lipinski definition) is 25. The third-order valence-corrected chi connectivity index (χ3v) is 26.1. The van der Waals surface area contributed by atoms with Crippen molar-refractivity contribution in [3.05, 3.63) is 0 Å². The van der Waals surface area contributed by atoms with Gasteiger partial charge in [0.05, 0.1) is 70.2 Å². The summed E-state index contributed by atoms with van der Waals surface area (Å²) in [7, 11) is 0. The number of aliphatic hydroxyl groups is 12. The summed E-state index contributed by atoms with van der Waals surface area (Å²) < 4.78 is 0. The predicted octanol–water partition coefficient (Wildman–Crippen LogP) is 9.46. The molecule has 0 amide bonds. The zero-order valence-corrected chi connectivity index (χ0v) is 85.3. The quantitative estimate of drug-likeness (QED) is 0.0726. The monoisotopic (exact) mass is 1750 g/mol. The van der Waals surface area contributed by atoms with Gasteiger partial charge in [0.2, 0.25) is 0 Å². The molecule has 12 atom stereocenters. The maximum Gasteiger partial charge on any atom is 0.0872 e. The van der Waals surface area contributed by atoms with Gasteiger partial charge in [-0.3, -0.25) is 49.0 Å². The normalized spacial score (nSPS) is 31.5. The third kappa shape index (κ3) is 52.3. The van der Waals surface area contributed by atoms with Gasteiger partial charge in [-0.1, -0.05) is 27.7 Å². The Morgan fingerprint density at radius 2 is 0.402 bits per heavy atom. The molecule has 0 aromatic heterocycles. The fourth-order valence-corrected chi connectivity index (χ4v) is 17.4. The van der Waals surface area contributed by atoms with E-state index in [-0.39, 0.29) is 36.6 Å². The van der Waals surface area contributed by atoms with Crippen LogP contribution in [0.4, 0.5) is 0 Å². The third-order valence-electron chi connectivity index (χ3n) is 26.1. The van der Waals surface area contributed by atoms with E-state index in [1.54, 1.807) is 0 Å². The number of β-amino-alcohol motifs (C(OH)–C–C–N with tert-alkyl or cyclic N) is 10. The lowest BCUT2D eigenvalue weighted by atomic mass is 9.95. The van der Waals surface area contributed by atoms with Gasteiger partial charge in [0, 0.05) is 222 Å². The van der Waals surface area contributed by atoms with Crippen molar-refractivity contribution >= 4 is 0 Å². The second-order valence-electron chi connectivity index (χ2n) is 44.0. The molecule has 13 rings (SSSR count). The average molecular weight is 1750 g/mol. The molecular weight excluding hydrogens is 1540 g/mol. The maximum absolute atomic E-state index is 9.57. The summed E-state index contributed by atoms with van der Waals surface area (Å²) in [6, 6.07) is 8.38. The van der Waals surface area contributed by atoms with E-state index in [1.807, 2.05) is 41.5 Å². The van der Waals surface area contributed by atoms with E-state index in [0.29, 0.717) is 84.6 Å². The van der Waals surface area contributed by atoms with Crippen LogP contribution in [0, 0.1) is 0 Å². The van der Waals surface area contributed by atoms with Crippen molar-refractivity contribution in [2.75, 3.05) is 144 Å². The van der Waals surface area contributed by atoms with Gasteiger partial charge in [-0.05, 0) is 310 Å². The molecule has 11 heterocycles. The Morgan fingerprint density at radius 1 is 0.213 bits per heavy atom. The zero-order chi connectivity index (χ0) is 93.8. The van der Waals surface area contributed by atoms with Crippen LogP contribution >= 0.6 is 0 Å². The van der Waals surface area contributed by atoms with Crippen molar-refractivity contribution in [1.29, 1.82) is 0 Å². The van der Waals surface area contributed by atoms with Gasteiger partial charge in [-0.15, -0.1) is 0 Å². The summed E-state index contributed by atoms with van der Waals surface area (Å²) in [5.41, 5.74) is -2.50. The zero-order valence-electron chi connectivity index (χ0n) is 85.3. The second-order valence-corrected chi connectivity index (χ2v) is 44.0. The highest BCUT2D eigenvalue weighted by molar-refractivity contribution is 4.95. The molecule has 13 fully saturated rings. The van der Waals surface area contributed by atoms with Crippen LogP contribution in [0.25, 0.3) is 0 Å². The Labute approximate surface area is 751 Å². The Balaban J connectivity index is 0.000000661. The topological polar surface area (TPSA) is 302 Å². The average Bonchev–Trinajstić information content (AvgIpc) is 1.46. The van der Waals surface area contributed by atoms with Crippen LogP contribution in [0.5, 0.6) is 0 Å². The Morgan fingerprint density at radius 3 is 0.492 bits per heavy atom. The largest absolute Gasteiger partial charge is 0.392 e. The van der Waals surface area contributed by atoms with Crippen LogP contribution in [0.2, 0.25) is 0 Å². The van der Waals surface area contributed by atoms with E-state index >= 15 is 0 Å². The molecule has 25 nitrogen and oxygen atoms in total. The molecular formula is C97H207N13O12. The number of nitrogens with zero attached hydrogens (tertiary/aromatic N) is 11. The first-order valence-corrected chi connectivity index (χ1v) is 49.2. The summed E-state index contributed by atoms with van der Waals surface area (Å²) in [6.07, 6.45) is 16.5. The minimum atomic E-state index is -0.426. The Kier molecular flexibility index (Phi) is 56.7. The Bertz CT molecular complexity index is 2330. The SMILES string of the molecule is CC(C)N1CC(C)(O)C1.CC(C)N1CC(C)(O)C1.CC(C)N1CCCC1.CC(C)N1CC[C@@H](O)C1.CC(C)N1CC[C@@H](O)C1.CC(C)N1CC[C@@](C)(O)C1.CC(C)N1CC[C@@](C)(O)C1.CC(C)N1CC[C@H](O)C1.CC(C)N1CC[C@H](O)C1.CC(C)N1CC[C@](C)(O)C1.CC(C)N1CC[C@](C)(O)C1.CC(C)N[C@@H]1CCC[C@@H]1O.CC(C)N[C@@H]1CCC[C@@H]1O. The van der Waals surface area contributed by atoms with Gasteiger partial charge >= 0.3 is 0 Å². The van der Waals surface area contributed by atoms with E-state index in [2.05, 4.69) is 245 Å². The highest BCUT2D eigenvalue weighted by Gasteiger charge is 2.40. The van der Waals surface area contributed by atoms with Gasteiger partial charge in [0.15, 0.2) is 0 Å². The maximum atomic E-state index is 9.57. The van der Waals surface area contributed by atoms with Gasteiger partial charge < -0.3 is 76.8 Å². The number of likely N-dealkylation sites (tertiary alicyclic amines) is 11. The van der Waals surface area contributed by atoms with E-state index in [1.165, 1.54) is 38.8 Å². The molecule has 13 aliphatic rings. The molecule has 14 N–H and O–H groups in total. The second kappa shape index (κ2) is 58.1. The first-order chi connectivity index (χ1) is 56.1. The molecule has 11 saturated heterocycles. The summed E-state index contributed by atoms with van der Waals surface area (Å²) in [4.78, 5) is 25.4. The molecule has 11 aliphatic heterocycles. The van der Waals surface area contributed by atoms with Crippen LogP contribution in [0.3, 0.4) is 0 Å². The smallest absolute Gasteiger partial charge is 0.0872 e. The number of aliphatic hydroxyl groups excluding tert-OH is 6. The molecule has 0 aromatic rings. The van der Waals surface area contributed by atoms with Crippen LogP contribution in [0.15, 0.2) is 0 Å². The highest BCUT2D eigenvalue weighted by atomic mass is 16.3. The minimum absolute atomic E-state index is 0.0626. The van der Waals surface area contributed by atoms with Crippen LogP contribution in [-0.2, 0) is 0 Å². The van der Waals surface area contributed by atoms with E-state index in [0.717, 1.165) is 214 Å². The number of hydrogen-bond donors (Lipinski definition) is 14. The van der Waals surface area contributed by atoms with Gasteiger partial charge in [0.1, 0.15) is 0 Å². The van der Waals surface area contributed by atoms with E-state index in [9.17, 15) is 40.9 Å². The number of rotatable bonds is 15. The first kappa shape index (κ1) is 119. The predicted molar refractivity (Wildman–Crippen MR) is 512 cm³/mol. The van der Waals surface area contributed by atoms with Crippen molar-refractivity contribution in [2.45, 2.75) is 485 Å². The molecule has 122 heavy (non-hydrogen) atoms. The lowest BCUT2D eigenvalue weighted by Crippen LogP contribution is -2.61. The summed E-state index contributed by atoms with van der Waals surface area (Å²) in [5.74, 6) is 0. The summed E-state index contributed by atoms with van der Waals surface area (Å²) in [5, 5.41) is 119. The van der Waals surface area contributed by atoms with Gasteiger partial charge in [-0.2, -0.15) is 0 Å². The molecule has 0 bridgehead atoms. The van der Waals surface area contributed by atoms with Crippen LogP contribution in [-0.4, -0.2) is 420 Å². The molecule has 0 radical (unpaired) electrons. The van der Waals surface area contributed by atoms with Crippen molar-refractivity contribution in [1.82, 2.24) is 64.5 Å². The van der Waals surface area contributed by atoms with Crippen molar-refractivity contribution in [3.63, 3.8) is 0 Å². The first-order valence-electron chi connectivity index (χ1n) is 49.2. The summed E-state index contributed by atoms with van der Waals surface area (Å²) in [6.45, 7) is 89.0. The highest BCUT2D eigenvalue weighted by Crippen LogP contribution is 2.28. The van der Waals surface area contributed by atoms with Crippen molar-refractivity contribution in [3.8, 4) is 0 Å². The molecule has 0 spiro atoms. The van der Waals surface area contributed by atoms with E-state index in [4.69, 9.17) is 20.4 Å². The molecule has 0 aromatic carbocycles. The molecule has 2 aliphatic carbocycles. The molecule has 732 valence electrons.